The number of anilines is 2. The molecule has 2 aromatic heterocycles. The maximum atomic E-state index is 15.2. The first-order chi connectivity index (χ1) is 23.2. The first-order valence-electron chi connectivity index (χ1n) is 15.3. The monoisotopic (exact) mass is 690 g/mol. The van der Waals surface area contributed by atoms with Crippen LogP contribution >= 0.6 is 34.7 Å². The summed E-state index contributed by atoms with van der Waals surface area (Å²) in [6, 6.07) is 26.3. The molecule has 1 unspecified atom stereocenters. The number of rotatable bonds is 6. The average molecular weight is 691 g/mol. The molecule has 0 aliphatic carbocycles. The van der Waals surface area contributed by atoms with Gasteiger partial charge >= 0.3 is 0 Å². The summed E-state index contributed by atoms with van der Waals surface area (Å²) in [5.41, 5.74) is 3.94. The Bertz CT molecular complexity index is 2370. The zero-order valence-electron chi connectivity index (χ0n) is 26.1. The van der Waals surface area contributed by atoms with Crippen molar-refractivity contribution in [3.8, 4) is 0 Å². The molecule has 0 N–H and O–H groups in total. The molecule has 0 bridgehead atoms. The number of carbonyl (C=O) groups excluding carboxylic acids is 2. The third-order valence-corrected chi connectivity index (χ3v) is 11.4. The van der Waals surface area contributed by atoms with E-state index in [9.17, 15) is 9.59 Å². The van der Waals surface area contributed by atoms with Gasteiger partial charge in [-0.25, -0.2) is 0 Å². The highest BCUT2D eigenvalue weighted by molar-refractivity contribution is 8.00. The molecule has 2 aliphatic rings. The van der Waals surface area contributed by atoms with Gasteiger partial charge in [0.15, 0.2) is 15.3 Å². The van der Waals surface area contributed by atoms with Crippen molar-refractivity contribution in [2.24, 2.45) is 0 Å². The van der Waals surface area contributed by atoms with Gasteiger partial charge in [0.2, 0.25) is 10.9 Å². The van der Waals surface area contributed by atoms with Crippen LogP contribution in [0.15, 0.2) is 98.5 Å². The highest BCUT2D eigenvalue weighted by Crippen LogP contribution is 2.55. The molecule has 8 nitrogen and oxygen atoms in total. The van der Waals surface area contributed by atoms with E-state index in [1.54, 1.807) is 23.1 Å². The van der Waals surface area contributed by atoms with E-state index in [-0.39, 0.29) is 28.6 Å². The third-order valence-electron chi connectivity index (χ3n) is 9.04. The highest BCUT2D eigenvalue weighted by atomic mass is 35.5. The largest absolute Gasteiger partial charge is 0.450 e. The molecule has 4 aromatic carbocycles. The van der Waals surface area contributed by atoms with Crippen molar-refractivity contribution in [1.82, 2.24) is 10.2 Å². The van der Waals surface area contributed by atoms with E-state index in [0.717, 1.165) is 27.8 Å². The van der Waals surface area contributed by atoms with Gasteiger partial charge in [-0.1, -0.05) is 94.9 Å². The summed E-state index contributed by atoms with van der Waals surface area (Å²) in [5.74, 6) is -0.648. The first-order valence-corrected chi connectivity index (χ1v) is 17.5. The van der Waals surface area contributed by atoms with E-state index in [2.05, 4.69) is 10.2 Å². The second kappa shape index (κ2) is 11.4. The normalized spacial score (nSPS) is 16.8. The lowest BCUT2D eigenvalue weighted by Gasteiger charge is -2.32. The molecule has 1 spiro atoms. The van der Waals surface area contributed by atoms with Crippen molar-refractivity contribution in [2.45, 2.75) is 42.9 Å². The number of aromatic nitrogens is 2. The van der Waals surface area contributed by atoms with Gasteiger partial charge in [-0.05, 0) is 73.4 Å². The second-order valence-electron chi connectivity index (χ2n) is 12.1. The fourth-order valence-corrected chi connectivity index (χ4v) is 8.62. The molecule has 6 aromatic rings. The number of nitrogens with zero attached hydrogens (tertiary/aromatic N) is 4. The lowest BCUT2D eigenvalue weighted by atomic mass is 9.84. The van der Waals surface area contributed by atoms with E-state index < -0.39 is 22.8 Å². The minimum absolute atomic E-state index is 0.00422. The molecule has 0 fully saturated rings. The van der Waals surface area contributed by atoms with Crippen molar-refractivity contribution in [2.75, 3.05) is 9.80 Å². The van der Waals surface area contributed by atoms with Crippen LogP contribution < -0.4 is 15.2 Å². The minimum Gasteiger partial charge on any atom is -0.450 e. The number of para-hydroxylation sites is 1. The number of hydrogen-bond acceptors (Lipinski definition) is 8. The van der Waals surface area contributed by atoms with Gasteiger partial charge in [0.05, 0.1) is 23.2 Å². The zero-order chi connectivity index (χ0) is 33.3. The molecule has 0 saturated heterocycles. The summed E-state index contributed by atoms with van der Waals surface area (Å²) in [7, 11) is 0. The molecule has 0 radical (unpaired) electrons. The van der Waals surface area contributed by atoms with Gasteiger partial charge in [-0.15, -0.1) is 10.2 Å². The Kier molecular flexibility index (Phi) is 7.28. The van der Waals surface area contributed by atoms with E-state index in [0.29, 0.717) is 31.8 Å². The zero-order valence-corrected chi connectivity index (χ0v) is 28.5. The molecule has 4 heterocycles. The van der Waals surface area contributed by atoms with E-state index in [4.69, 9.17) is 16.0 Å². The number of hydrogen-bond donors (Lipinski definition) is 0. The van der Waals surface area contributed by atoms with Crippen LogP contribution in [-0.2, 0) is 22.6 Å². The van der Waals surface area contributed by atoms with Crippen molar-refractivity contribution in [3.05, 3.63) is 145 Å². The van der Waals surface area contributed by atoms with Crippen LogP contribution in [-0.4, -0.2) is 22.0 Å². The van der Waals surface area contributed by atoms with Crippen LogP contribution in [0.2, 0.25) is 5.02 Å². The van der Waals surface area contributed by atoms with Crippen LogP contribution in [0.3, 0.4) is 0 Å². The third kappa shape index (κ3) is 4.62. The average Bonchev–Trinajstić information content (AvgIpc) is 3.71. The summed E-state index contributed by atoms with van der Waals surface area (Å²) in [6.45, 7) is 6.08. The predicted octanol–water partition coefficient (Wildman–Crippen LogP) is 7.97. The standard InChI is InChI=1S/C37H27ClN4O4S2/c1-20-11-13-23(14-12-20)18-41-28-10-5-4-9-27(28)37(34(41)45)30-31(43)26-15-21(2)22(3)16-29(26)46-32(30)33(44)42(37)35-39-40-36(48-35)47-19-24-7-6-8-25(38)17-24/h4-17H,18-19H2,1-3H3. The Morgan fingerprint density at radius 2 is 1.65 bits per heavy atom. The van der Waals surface area contributed by atoms with Crippen molar-refractivity contribution < 1.29 is 14.0 Å². The van der Waals surface area contributed by atoms with Gasteiger partial charge in [-0.3, -0.25) is 19.3 Å². The Hall–Kier alpha value is -4.77. The van der Waals surface area contributed by atoms with Crippen molar-refractivity contribution in [1.29, 1.82) is 0 Å². The maximum absolute atomic E-state index is 15.2. The smallest absolute Gasteiger partial charge is 0.297 e. The highest BCUT2D eigenvalue weighted by Gasteiger charge is 2.66. The molecule has 0 saturated carbocycles. The number of thioether (sulfide) groups is 1. The summed E-state index contributed by atoms with van der Waals surface area (Å²) in [5, 5.41) is 9.98. The molecule has 2 aliphatic heterocycles. The Morgan fingerprint density at radius 3 is 2.44 bits per heavy atom. The number of aryl methyl sites for hydroxylation is 3. The van der Waals surface area contributed by atoms with Crippen LogP contribution in [0, 0.1) is 20.8 Å². The number of fused-ring (bicyclic) bond motifs is 5. The fraction of sp³-hybridized carbons (Fsp3) is 0.162. The Labute approximate surface area is 289 Å². The number of carbonyl (C=O) groups is 2. The Morgan fingerprint density at radius 1 is 0.875 bits per heavy atom. The summed E-state index contributed by atoms with van der Waals surface area (Å²) in [4.78, 5) is 47.5. The topological polar surface area (TPSA) is 96.6 Å². The number of amides is 2. The van der Waals surface area contributed by atoms with Crippen molar-refractivity contribution >= 4 is 68.3 Å². The second-order valence-corrected chi connectivity index (χ2v) is 14.7. The molecular formula is C37H27ClN4O4S2. The predicted molar refractivity (Wildman–Crippen MR) is 189 cm³/mol. The number of halogens is 1. The number of benzene rings is 4. The van der Waals surface area contributed by atoms with Crippen LogP contribution in [0.1, 0.15) is 49.5 Å². The van der Waals surface area contributed by atoms with Crippen LogP contribution in [0.5, 0.6) is 0 Å². The van der Waals surface area contributed by atoms with E-state index in [1.807, 2.05) is 87.5 Å². The van der Waals surface area contributed by atoms with Gasteiger partial charge in [0.1, 0.15) is 5.58 Å². The van der Waals surface area contributed by atoms with Gasteiger partial charge < -0.3 is 9.32 Å². The molecule has 1 atom stereocenters. The SMILES string of the molecule is Cc1ccc(CN2C(=O)C3(c4ccccc42)c2c(oc4cc(C)c(C)cc4c2=O)C(=O)N3c2nnc(SCc3cccc(Cl)c3)s2)cc1. The van der Waals surface area contributed by atoms with Gasteiger partial charge in [0, 0.05) is 16.3 Å². The fourth-order valence-electron chi connectivity index (χ4n) is 6.57. The van der Waals surface area contributed by atoms with Gasteiger partial charge in [-0.2, -0.15) is 0 Å². The maximum Gasteiger partial charge on any atom is 0.297 e. The summed E-state index contributed by atoms with van der Waals surface area (Å²) >= 11 is 8.82. The molecule has 48 heavy (non-hydrogen) atoms. The van der Waals surface area contributed by atoms with Crippen LogP contribution in [0.4, 0.5) is 10.8 Å². The molecular weight excluding hydrogens is 664 g/mol. The summed E-state index contributed by atoms with van der Waals surface area (Å²) in [6.07, 6.45) is 0. The molecule has 238 valence electrons. The van der Waals surface area contributed by atoms with Crippen LogP contribution in [0.25, 0.3) is 11.0 Å². The molecule has 11 heteroatoms. The molecule has 2 amide bonds. The van der Waals surface area contributed by atoms with E-state index >= 15 is 4.79 Å². The quantitative estimate of drug-likeness (QED) is 0.129. The minimum atomic E-state index is -1.85. The lowest BCUT2D eigenvalue weighted by molar-refractivity contribution is -0.121. The van der Waals surface area contributed by atoms with Crippen molar-refractivity contribution in [3.63, 3.8) is 0 Å². The lowest BCUT2D eigenvalue weighted by Crippen LogP contribution is -2.53. The summed E-state index contributed by atoms with van der Waals surface area (Å²) < 4.78 is 6.89. The Balaban J connectivity index is 1.32. The molecule has 8 rings (SSSR count). The first kappa shape index (κ1) is 30.6. The van der Waals surface area contributed by atoms with Gasteiger partial charge in [0.25, 0.3) is 11.8 Å². The van der Waals surface area contributed by atoms with E-state index in [1.165, 1.54) is 28.0 Å².